The van der Waals surface area contributed by atoms with Gasteiger partial charge in [0.2, 0.25) is 0 Å². The lowest BCUT2D eigenvalue weighted by Gasteiger charge is -2.30. The third kappa shape index (κ3) is 5.91. The Morgan fingerprint density at radius 3 is 1.30 bits per heavy atom. The van der Waals surface area contributed by atoms with E-state index in [1.807, 2.05) is 96.1 Å². The molecule has 194 valence electrons. The Balaban J connectivity index is 0.000000750. The average molecular weight is 499 g/mol. The molecule has 37 heavy (non-hydrogen) atoms. The molecule has 0 radical (unpaired) electrons. The summed E-state index contributed by atoms with van der Waals surface area (Å²) in [5, 5.41) is 22.3. The van der Waals surface area contributed by atoms with Gasteiger partial charge in [0.05, 0.1) is 11.1 Å². The Bertz CT molecular complexity index is 1200. The van der Waals surface area contributed by atoms with Crippen LogP contribution in [0.1, 0.15) is 75.3 Å². The van der Waals surface area contributed by atoms with E-state index in [0.29, 0.717) is 16.7 Å². The molecule has 3 aromatic carbocycles. The molecular weight excluding hydrogens is 460 g/mol. The van der Waals surface area contributed by atoms with Gasteiger partial charge in [-0.2, -0.15) is 0 Å². The number of aliphatic hydroxyl groups excluding tert-OH is 2. The first-order valence-electron chi connectivity index (χ1n) is 13.2. The smallest absolute Gasteiger partial charge is 0.167 e. The molecule has 0 amide bonds. The quantitative estimate of drug-likeness (QED) is 0.383. The maximum Gasteiger partial charge on any atom is 0.167 e. The van der Waals surface area contributed by atoms with Gasteiger partial charge in [0.25, 0.3) is 0 Å². The van der Waals surface area contributed by atoms with Gasteiger partial charge in [-0.05, 0) is 16.7 Å². The highest BCUT2D eigenvalue weighted by molar-refractivity contribution is 6.13. The van der Waals surface area contributed by atoms with Gasteiger partial charge in [-0.1, -0.05) is 120 Å². The third-order valence-electron chi connectivity index (χ3n) is 6.07. The number of benzene rings is 3. The van der Waals surface area contributed by atoms with Crippen LogP contribution in [0.25, 0.3) is 11.5 Å². The number of carbonyl (C=O) groups is 2. The van der Waals surface area contributed by atoms with Crippen molar-refractivity contribution in [1.29, 1.82) is 0 Å². The van der Waals surface area contributed by atoms with Crippen LogP contribution in [0.2, 0.25) is 0 Å². The van der Waals surface area contributed by atoms with Crippen LogP contribution in [0.4, 0.5) is 0 Å². The topological polar surface area (TPSA) is 74.6 Å². The molecule has 0 aromatic heterocycles. The zero-order valence-electron chi connectivity index (χ0n) is 22.7. The number of aliphatic hydroxyl groups is 2. The standard InChI is InChI=1S/C27H20O4.3C2H6/c28-21-14-17-10-4-6-12-19(17)26(30)24(21)23(16-8-2-1-3-9-16)25-22(29)15-18-11-5-7-13-20(18)27(25)31;3*1-2/h1-13,23,30-31H,14-15H2;3*1-2H3. The lowest BCUT2D eigenvalue weighted by atomic mass is 9.73. The van der Waals surface area contributed by atoms with Gasteiger partial charge >= 0.3 is 0 Å². The van der Waals surface area contributed by atoms with E-state index in [4.69, 9.17) is 0 Å². The monoisotopic (exact) mass is 498 g/mol. The second kappa shape index (κ2) is 14.0. The minimum absolute atomic E-state index is 0.132. The van der Waals surface area contributed by atoms with E-state index in [1.165, 1.54) is 0 Å². The Morgan fingerprint density at radius 1 is 0.541 bits per heavy atom. The zero-order valence-corrected chi connectivity index (χ0v) is 22.7. The van der Waals surface area contributed by atoms with Crippen LogP contribution in [0, 0.1) is 0 Å². The van der Waals surface area contributed by atoms with Crippen molar-refractivity contribution >= 4 is 23.1 Å². The van der Waals surface area contributed by atoms with Crippen molar-refractivity contribution in [3.63, 3.8) is 0 Å². The maximum absolute atomic E-state index is 13.3. The summed E-state index contributed by atoms with van der Waals surface area (Å²) in [6, 6.07) is 23.5. The molecule has 0 fully saturated rings. The van der Waals surface area contributed by atoms with Crippen molar-refractivity contribution in [2.24, 2.45) is 0 Å². The minimum atomic E-state index is -0.858. The van der Waals surface area contributed by atoms with E-state index in [2.05, 4.69) is 0 Å². The van der Waals surface area contributed by atoms with Crippen molar-refractivity contribution in [1.82, 2.24) is 0 Å². The number of fused-ring (bicyclic) bond motifs is 2. The average Bonchev–Trinajstić information content (AvgIpc) is 2.96. The number of ketones is 2. The number of rotatable bonds is 3. The Kier molecular flexibility index (Phi) is 11.1. The summed E-state index contributed by atoms with van der Waals surface area (Å²) in [5.41, 5.74) is 3.64. The van der Waals surface area contributed by atoms with E-state index in [9.17, 15) is 19.8 Å². The maximum atomic E-state index is 13.3. The first-order valence-corrected chi connectivity index (χ1v) is 13.2. The molecule has 5 rings (SSSR count). The highest BCUT2D eigenvalue weighted by Gasteiger charge is 2.39. The molecule has 2 N–H and O–H groups in total. The molecule has 2 aliphatic carbocycles. The Hall–Kier alpha value is -3.92. The summed E-state index contributed by atoms with van der Waals surface area (Å²) in [4.78, 5) is 26.5. The van der Waals surface area contributed by atoms with Crippen molar-refractivity contribution in [3.05, 3.63) is 118 Å². The molecule has 4 nitrogen and oxygen atoms in total. The zero-order chi connectivity index (χ0) is 27.5. The van der Waals surface area contributed by atoms with Gasteiger partial charge in [-0.3, -0.25) is 9.59 Å². The SMILES string of the molecule is CC.CC.CC.O=C1Cc2ccccc2C(O)=C1C(C1=C(O)c2ccccc2CC1=O)c1ccccc1. The van der Waals surface area contributed by atoms with Crippen LogP contribution < -0.4 is 0 Å². The molecule has 0 saturated carbocycles. The third-order valence-corrected chi connectivity index (χ3v) is 6.07. The molecule has 0 heterocycles. The first-order chi connectivity index (χ1) is 18.1. The summed E-state index contributed by atoms with van der Waals surface area (Å²) < 4.78 is 0. The fourth-order valence-electron chi connectivity index (χ4n) is 4.62. The molecule has 0 unspecified atom stereocenters. The van der Waals surface area contributed by atoms with Gasteiger partial charge in [-0.25, -0.2) is 0 Å². The summed E-state index contributed by atoms with van der Waals surface area (Å²) in [7, 11) is 0. The second-order valence-electron chi connectivity index (χ2n) is 7.88. The summed E-state index contributed by atoms with van der Waals surface area (Å²) in [6.07, 6.45) is 0.273. The molecule has 2 aliphatic rings. The predicted octanol–water partition coefficient (Wildman–Crippen LogP) is 8.04. The van der Waals surface area contributed by atoms with Crippen molar-refractivity contribution < 1.29 is 19.8 Å². The van der Waals surface area contributed by atoms with E-state index in [-0.39, 0.29) is 47.1 Å². The normalized spacial score (nSPS) is 13.8. The number of hydrogen-bond donors (Lipinski definition) is 2. The van der Waals surface area contributed by atoms with Gasteiger partial charge in [0.15, 0.2) is 11.6 Å². The predicted molar refractivity (Wildman–Crippen MR) is 153 cm³/mol. The van der Waals surface area contributed by atoms with E-state index in [0.717, 1.165) is 11.1 Å². The molecule has 0 spiro atoms. The molecule has 0 atom stereocenters. The van der Waals surface area contributed by atoms with Crippen molar-refractivity contribution in [2.75, 3.05) is 0 Å². The van der Waals surface area contributed by atoms with Crippen LogP contribution in [0.15, 0.2) is 90.0 Å². The van der Waals surface area contributed by atoms with Crippen LogP contribution in [0.5, 0.6) is 0 Å². The number of Topliss-reactive ketones (excluding diaryl/α,β-unsaturated/α-hetero) is 2. The number of carbonyl (C=O) groups excluding carboxylic acids is 2. The van der Waals surface area contributed by atoms with Crippen LogP contribution in [-0.2, 0) is 22.4 Å². The highest BCUT2D eigenvalue weighted by Crippen LogP contribution is 2.44. The fraction of sp³-hybridized carbons (Fsp3) is 0.273. The van der Waals surface area contributed by atoms with E-state index in [1.54, 1.807) is 24.3 Å². The minimum Gasteiger partial charge on any atom is -0.507 e. The fourth-order valence-corrected chi connectivity index (χ4v) is 4.62. The molecule has 0 aliphatic heterocycles. The molecule has 4 heteroatoms. The van der Waals surface area contributed by atoms with E-state index < -0.39 is 5.92 Å². The molecule has 0 bridgehead atoms. The van der Waals surface area contributed by atoms with Gasteiger partial charge in [0, 0.05) is 29.9 Å². The highest BCUT2D eigenvalue weighted by atomic mass is 16.3. The van der Waals surface area contributed by atoms with Crippen LogP contribution in [0.3, 0.4) is 0 Å². The first kappa shape index (κ1) is 29.3. The lowest BCUT2D eigenvalue weighted by Crippen LogP contribution is -2.27. The largest absolute Gasteiger partial charge is 0.507 e. The van der Waals surface area contributed by atoms with Crippen molar-refractivity contribution in [2.45, 2.75) is 60.3 Å². The lowest BCUT2D eigenvalue weighted by molar-refractivity contribution is -0.115. The van der Waals surface area contributed by atoms with Gasteiger partial charge in [0.1, 0.15) is 11.5 Å². The molecular formula is C33H38O4. The van der Waals surface area contributed by atoms with Crippen LogP contribution >= 0.6 is 0 Å². The molecule has 0 saturated heterocycles. The van der Waals surface area contributed by atoms with E-state index >= 15 is 0 Å². The van der Waals surface area contributed by atoms with Gasteiger partial charge in [-0.15, -0.1) is 0 Å². The Labute approximate surface area is 221 Å². The number of allylic oxidation sites excluding steroid dienone is 2. The number of hydrogen-bond acceptors (Lipinski definition) is 4. The van der Waals surface area contributed by atoms with Crippen molar-refractivity contribution in [3.8, 4) is 0 Å². The van der Waals surface area contributed by atoms with Gasteiger partial charge < -0.3 is 10.2 Å². The second-order valence-corrected chi connectivity index (χ2v) is 7.88. The summed E-state index contributed by atoms with van der Waals surface area (Å²) in [6.45, 7) is 12.0. The summed E-state index contributed by atoms with van der Waals surface area (Å²) >= 11 is 0. The summed E-state index contributed by atoms with van der Waals surface area (Å²) in [5.74, 6) is -1.63. The van der Waals surface area contributed by atoms with Crippen LogP contribution in [-0.4, -0.2) is 21.8 Å². The molecule has 3 aromatic rings. The Morgan fingerprint density at radius 2 is 0.892 bits per heavy atom.